The lowest BCUT2D eigenvalue weighted by Crippen LogP contribution is -2.34. The van der Waals surface area contributed by atoms with E-state index in [-0.39, 0.29) is 23.7 Å². The van der Waals surface area contributed by atoms with Gasteiger partial charge in [-0.05, 0) is 18.2 Å². The Balaban J connectivity index is 1.66. The summed E-state index contributed by atoms with van der Waals surface area (Å²) >= 11 is 23.5. The van der Waals surface area contributed by atoms with Gasteiger partial charge >= 0.3 is 0 Å². The van der Waals surface area contributed by atoms with Gasteiger partial charge in [0.2, 0.25) is 9.67 Å². The standard InChI is InChI=1S/C15H11Cl4NO3/c16-13-5-9(15(17,18)19)6-14(20-13)22-8-10-7-21-11-3-1-2-4-12(11)23-10/h1-6,10H,7-8H2. The van der Waals surface area contributed by atoms with E-state index in [1.54, 1.807) is 0 Å². The predicted molar refractivity (Wildman–Crippen MR) is 90.3 cm³/mol. The molecular weight excluding hydrogens is 384 g/mol. The van der Waals surface area contributed by atoms with Crippen LogP contribution in [0.2, 0.25) is 5.15 Å². The molecule has 0 bridgehead atoms. The van der Waals surface area contributed by atoms with Crippen LogP contribution in [0.5, 0.6) is 17.4 Å². The number of ether oxygens (including phenoxy) is 3. The maximum absolute atomic E-state index is 5.92. The third-order valence-electron chi connectivity index (χ3n) is 3.08. The van der Waals surface area contributed by atoms with Crippen molar-refractivity contribution >= 4 is 46.4 Å². The van der Waals surface area contributed by atoms with Gasteiger partial charge in [-0.3, -0.25) is 0 Å². The molecule has 0 saturated heterocycles. The van der Waals surface area contributed by atoms with Crippen molar-refractivity contribution in [3.8, 4) is 17.4 Å². The van der Waals surface area contributed by atoms with Crippen LogP contribution >= 0.6 is 46.4 Å². The van der Waals surface area contributed by atoms with Gasteiger partial charge in [0.25, 0.3) is 0 Å². The van der Waals surface area contributed by atoms with E-state index in [1.165, 1.54) is 12.1 Å². The maximum Gasteiger partial charge on any atom is 0.216 e. The zero-order chi connectivity index (χ0) is 16.4. The van der Waals surface area contributed by atoms with Crippen LogP contribution in [0.25, 0.3) is 0 Å². The topological polar surface area (TPSA) is 40.6 Å². The third-order valence-corrected chi connectivity index (χ3v) is 3.93. The van der Waals surface area contributed by atoms with Gasteiger partial charge in [-0.2, -0.15) is 0 Å². The Morgan fingerprint density at radius 3 is 2.65 bits per heavy atom. The van der Waals surface area contributed by atoms with E-state index in [0.717, 1.165) is 0 Å². The minimum Gasteiger partial charge on any atom is -0.486 e. The Hall–Kier alpha value is -1.07. The van der Waals surface area contributed by atoms with Crippen molar-refractivity contribution in [2.75, 3.05) is 13.2 Å². The van der Waals surface area contributed by atoms with Gasteiger partial charge in [0.1, 0.15) is 18.4 Å². The van der Waals surface area contributed by atoms with E-state index in [4.69, 9.17) is 60.6 Å². The molecule has 1 aliphatic rings. The van der Waals surface area contributed by atoms with Gasteiger partial charge in [-0.15, -0.1) is 0 Å². The molecule has 0 fully saturated rings. The molecule has 1 aromatic carbocycles. The fraction of sp³-hybridized carbons (Fsp3) is 0.267. The number of alkyl halides is 3. The summed E-state index contributed by atoms with van der Waals surface area (Å²) in [5, 5.41) is 0.176. The minimum absolute atomic E-state index is 0.176. The van der Waals surface area contributed by atoms with Crippen LogP contribution in [0, 0.1) is 0 Å². The van der Waals surface area contributed by atoms with Crippen LogP contribution in [0.3, 0.4) is 0 Å². The van der Waals surface area contributed by atoms with Crippen molar-refractivity contribution in [1.29, 1.82) is 0 Å². The molecule has 2 heterocycles. The van der Waals surface area contributed by atoms with E-state index in [0.29, 0.717) is 23.7 Å². The van der Waals surface area contributed by atoms with Gasteiger partial charge in [-0.25, -0.2) is 4.98 Å². The summed E-state index contributed by atoms with van der Waals surface area (Å²) < 4.78 is 15.4. The Morgan fingerprint density at radius 2 is 1.91 bits per heavy atom. The molecule has 1 aliphatic heterocycles. The molecular formula is C15H11Cl4NO3. The normalized spacial score (nSPS) is 17.0. The number of para-hydroxylation sites is 2. The predicted octanol–water partition coefficient (Wildman–Crippen LogP) is 4.78. The zero-order valence-electron chi connectivity index (χ0n) is 11.6. The zero-order valence-corrected chi connectivity index (χ0v) is 14.7. The Bertz CT molecular complexity index is 705. The number of nitrogens with zero attached hydrogens (tertiary/aromatic N) is 1. The third kappa shape index (κ3) is 4.27. The average Bonchev–Trinajstić information content (AvgIpc) is 2.51. The Morgan fingerprint density at radius 1 is 1.17 bits per heavy atom. The van der Waals surface area contributed by atoms with Crippen molar-refractivity contribution in [2.45, 2.75) is 9.90 Å². The fourth-order valence-electron chi connectivity index (χ4n) is 2.03. The number of aromatic nitrogens is 1. The second-order valence-electron chi connectivity index (χ2n) is 4.82. The summed E-state index contributed by atoms with van der Waals surface area (Å²) in [4.78, 5) is 4.05. The summed E-state index contributed by atoms with van der Waals surface area (Å²) in [5.41, 5.74) is 0.378. The summed E-state index contributed by atoms with van der Waals surface area (Å²) in [6, 6.07) is 10.4. The summed E-state index contributed by atoms with van der Waals surface area (Å²) in [6.07, 6.45) is -0.276. The van der Waals surface area contributed by atoms with Crippen molar-refractivity contribution in [3.05, 3.63) is 47.1 Å². The van der Waals surface area contributed by atoms with Crippen molar-refractivity contribution in [1.82, 2.24) is 4.98 Å². The molecule has 0 aliphatic carbocycles. The summed E-state index contributed by atoms with van der Waals surface area (Å²) in [6.45, 7) is 0.593. The largest absolute Gasteiger partial charge is 0.486 e. The summed E-state index contributed by atoms with van der Waals surface area (Å²) in [7, 11) is 0. The number of hydrogen-bond donors (Lipinski definition) is 0. The average molecular weight is 395 g/mol. The van der Waals surface area contributed by atoms with E-state index in [9.17, 15) is 0 Å². The van der Waals surface area contributed by atoms with E-state index in [1.807, 2.05) is 24.3 Å². The van der Waals surface area contributed by atoms with Crippen LogP contribution in [-0.4, -0.2) is 24.3 Å². The van der Waals surface area contributed by atoms with Gasteiger partial charge in [-0.1, -0.05) is 58.5 Å². The second-order valence-corrected chi connectivity index (χ2v) is 7.49. The Kier molecular flexibility index (Phi) is 4.97. The molecule has 0 radical (unpaired) electrons. The first-order valence-corrected chi connectivity index (χ1v) is 8.19. The van der Waals surface area contributed by atoms with Crippen molar-refractivity contribution < 1.29 is 14.2 Å². The number of pyridine rings is 1. The molecule has 122 valence electrons. The highest BCUT2D eigenvalue weighted by molar-refractivity contribution is 6.66. The van der Waals surface area contributed by atoms with Crippen LogP contribution in [0.15, 0.2) is 36.4 Å². The van der Waals surface area contributed by atoms with E-state index >= 15 is 0 Å². The monoisotopic (exact) mass is 393 g/mol. The highest BCUT2D eigenvalue weighted by Crippen LogP contribution is 2.40. The molecule has 0 amide bonds. The van der Waals surface area contributed by atoms with Crippen molar-refractivity contribution in [2.24, 2.45) is 0 Å². The first-order chi connectivity index (χ1) is 10.9. The molecule has 0 N–H and O–H groups in total. The summed E-state index contributed by atoms with van der Waals surface area (Å²) in [5.74, 6) is 1.64. The van der Waals surface area contributed by atoms with Crippen LogP contribution < -0.4 is 14.2 Å². The number of halogens is 4. The SMILES string of the molecule is Clc1cc(C(Cl)(Cl)Cl)cc(OCC2COc3ccccc3O2)n1. The molecule has 2 aromatic rings. The quantitative estimate of drug-likeness (QED) is 0.554. The molecule has 0 saturated carbocycles. The highest BCUT2D eigenvalue weighted by Gasteiger charge is 2.25. The van der Waals surface area contributed by atoms with Gasteiger partial charge in [0.15, 0.2) is 17.6 Å². The highest BCUT2D eigenvalue weighted by atomic mass is 35.6. The molecule has 8 heteroatoms. The number of rotatable bonds is 3. The molecule has 0 spiro atoms. The van der Waals surface area contributed by atoms with Gasteiger partial charge < -0.3 is 14.2 Å². The molecule has 1 unspecified atom stereocenters. The van der Waals surface area contributed by atoms with Crippen molar-refractivity contribution in [3.63, 3.8) is 0 Å². The smallest absolute Gasteiger partial charge is 0.216 e. The van der Waals surface area contributed by atoms with E-state index < -0.39 is 3.79 Å². The first kappa shape index (κ1) is 16.8. The van der Waals surface area contributed by atoms with E-state index in [2.05, 4.69) is 4.98 Å². The lowest BCUT2D eigenvalue weighted by Gasteiger charge is -2.26. The number of hydrogen-bond acceptors (Lipinski definition) is 4. The lowest BCUT2D eigenvalue weighted by atomic mass is 10.2. The van der Waals surface area contributed by atoms with Gasteiger partial charge in [0.05, 0.1) is 0 Å². The van der Waals surface area contributed by atoms with Crippen LogP contribution in [0.1, 0.15) is 5.56 Å². The number of benzene rings is 1. The molecule has 1 atom stereocenters. The molecule has 1 aromatic heterocycles. The fourth-order valence-corrected chi connectivity index (χ4v) is 2.56. The van der Waals surface area contributed by atoms with Crippen LogP contribution in [0.4, 0.5) is 0 Å². The van der Waals surface area contributed by atoms with Crippen LogP contribution in [-0.2, 0) is 3.79 Å². The molecule has 3 rings (SSSR count). The molecule has 23 heavy (non-hydrogen) atoms. The number of fused-ring (bicyclic) bond motifs is 1. The second kappa shape index (κ2) is 6.81. The maximum atomic E-state index is 5.92. The molecule has 4 nitrogen and oxygen atoms in total. The van der Waals surface area contributed by atoms with Gasteiger partial charge in [0, 0.05) is 11.6 Å². The first-order valence-electron chi connectivity index (χ1n) is 6.68. The Labute approximate surface area is 153 Å². The minimum atomic E-state index is -1.60. The lowest BCUT2D eigenvalue weighted by molar-refractivity contribution is 0.0522.